The number of benzene rings is 1. The molecule has 0 aliphatic carbocycles. The maximum Gasteiger partial charge on any atom is 0.338 e. The van der Waals surface area contributed by atoms with E-state index in [1.54, 1.807) is 0 Å². The minimum Gasteiger partial charge on any atom is -0.462 e. The van der Waals surface area contributed by atoms with Gasteiger partial charge < -0.3 is 14.4 Å². The van der Waals surface area contributed by atoms with E-state index in [-0.39, 0.29) is 5.97 Å². The van der Waals surface area contributed by atoms with E-state index in [0.717, 1.165) is 49.4 Å². The van der Waals surface area contributed by atoms with Crippen LogP contribution in [0.4, 0.5) is 0 Å². The van der Waals surface area contributed by atoms with Crippen LogP contribution in [-0.4, -0.2) is 30.6 Å². The Kier molecular flexibility index (Phi) is 6.71. The highest BCUT2D eigenvalue weighted by Gasteiger charge is 2.20. The van der Waals surface area contributed by atoms with Crippen molar-refractivity contribution in [3.63, 3.8) is 0 Å². The Morgan fingerprint density at radius 1 is 1.21 bits per heavy atom. The lowest BCUT2D eigenvalue weighted by atomic mass is 10.0. The molecule has 0 unspecified atom stereocenters. The Morgan fingerprint density at radius 3 is 2.62 bits per heavy atom. The highest BCUT2D eigenvalue weighted by atomic mass is 16.5. The summed E-state index contributed by atoms with van der Waals surface area (Å²) in [6.45, 7) is 10.7. The van der Waals surface area contributed by atoms with Gasteiger partial charge in [0, 0.05) is 19.5 Å². The van der Waals surface area contributed by atoms with E-state index < -0.39 is 0 Å². The smallest absolute Gasteiger partial charge is 0.338 e. The van der Waals surface area contributed by atoms with Crippen molar-refractivity contribution in [1.29, 1.82) is 0 Å². The molecular formula is C20H29NO3. The topological polar surface area (TPSA) is 38.8 Å². The number of aryl methyl sites for hydroxylation is 1. The SMILES string of the molecule is CCOC(=O)c1ccc(O/C(CC)=C2/CCCN2CC)cc1CC. The molecule has 1 saturated heterocycles. The molecule has 0 atom stereocenters. The number of hydrogen-bond donors (Lipinski definition) is 0. The number of esters is 1. The number of nitrogens with zero attached hydrogens (tertiary/aromatic N) is 1. The van der Waals surface area contributed by atoms with Crippen LogP contribution in [0.15, 0.2) is 29.7 Å². The van der Waals surface area contributed by atoms with E-state index in [1.165, 1.54) is 12.1 Å². The predicted octanol–water partition coefficient (Wildman–Crippen LogP) is 4.54. The number of ether oxygens (including phenoxy) is 2. The molecule has 1 aromatic rings. The van der Waals surface area contributed by atoms with Crippen molar-refractivity contribution in [2.45, 2.75) is 53.4 Å². The Morgan fingerprint density at radius 2 is 2.00 bits per heavy atom. The number of hydrogen-bond acceptors (Lipinski definition) is 4. The molecule has 24 heavy (non-hydrogen) atoms. The van der Waals surface area contributed by atoms with Gasteiger partial charge in [-0.3, -0.25) is 0 Å². The average molecular weight is 331 g/mol. The number of rotatable bonds is 7. The molecule has 1 fully saturated rings. The number of carbonyl (C=O) groups excluding carboxylic acids is 1. The first-order valence-electron chi connectivity index (χ1n) is 9.09. The largest absolute Gasteiger partial charge is 0.462 e. The summed E-state index contributed by atoms with van der Waals surface area (Å²) < 4.78 is 11.3. The third-order valence-electron chi connectivity index (χ3n) is 4.44. The van der Waals surface area contributed by atoms with Crippen LogP contribution in [0.5, 0.6) is 5.75 Å². The maximum absolute atomic E-state index is 12.0. The van der Waals surface area contributed by atoms with Gasteiger partial charge in [-0.1, -0.05) is 13.8 Å². The van der Waals surface area contributed by atoms with Crippen LogP contribution >= 0.6 is 0 Å². The zero-order valence-electron chi connectivity index (χ0n) is 15.4. The molecule has 0 aromatic heterocycles. The van der Waals surface area contributed by atoms with Gasteiger partial charge in [-0.2, -0.15) is 0 Å². The lowest BCUT2D eigenvalue weighted by Crippen LogP contribution is -2.19. The first-order chi connectivity index (χ1) is 11.6. The summed E-state index contributed by atoms with van der Waals surface area (Å²) in [5.74, 6) is 1.58. The van der Waals surface area contributed by atoms with E-state index in [4.69, 9.17) is 9.47 Å². The summed E-state index contributed by atoms with van der Waals surface area (Å²) >= 11 is 0. The van der Waals surface area contributed by atoms with Crippen LogP contribution in [-0.2, 0) is 11.2 Å². The minimum absolute atomic E-state index is 0.261. The van der Waals surface area contributed by atoms with Gasteiger partial charge in [-0.05, 0) is 56.9 Å². The fourth-order valence-electron chi connectivity index (χ4n) is 3.21. The first-order valence-corrected chi connectivity index (χ1v) is 9.09. The van der Waals surface area contributed by atoms with Gasteiger partial charge in [-0.25, -0.2) is 4.79 Å². The van der Waals surface area contributed by atoms with Gasteiger partial charge in [-0.15, -0.1) is 0 Å². The summed E-state index contributed by atoms with van der Waals surface area (Å²) in [5.41, 5.74) is 2.92. The van der Waals surface area contributed by atoms with Crippen molar-refractivity contribution in [3.05, 3.63) is 40.8 Å². The molecule has 0 bridgehead atoms. The highest BCUT2D eigenvalue weighted by Crippen LogP contribution is 2.29. The molecule has 1 heterocycles. The first kappa shape index (κ1) is 18.4. The van der Waals surface area contributed by atoms with Crippen molar-refractivity contribution in [1.82, 2.24) is 4.90 Å². The van der Waals surface area contributed by atoms with Crippen LogP contribution < -0.4 is 4.74 Å². The Bertz CT molecular complexity index is 607. The fourth-order valence-corrected chi connectivity index (χ4v) is 3.21. The molecule has 0 radical (unpaired) electrons. The van der Waals surface area contributed by atoms with Crippen LogP contribution in [0.1, 0.15) is 62.9 Å². The molecule has 4 heteroatoms. The third kappa shape index (κ3) is 4.11. The van der Waals surface area contributed by atoms with Gasteiger partial charge in [0.2, 0.25) is 0 Å². The van der Waals surface area contributed by atoms with Gasteiger partial charge in [0.15, 0.2) is 0 Å². The third-order valence-corrected chi connectivity index (χ3v) is 4.44. The summed E-state index contributed by atoms with van der Waals surface area (Å²) in [5, 5.41) is 0. The second-order valence-corrected chi connectivity index (χ2v) is 5.90. The minimum atomic E-state index is -0.261. The van der Waals surface area contributed by atoms with E-state index in [9.17, 15) is 4.79 Å². The van der Waals surface area contributed by atoms with Crippen molar-refractivity contribution in [2.24, 2.45) is 0 Å². The molecule has 0 N–H and O–H groups in total. The van der Waals surface area contributed by atoms with Crippen molar-refractivity contribution >= 4 is 5.97 Å². The summed E-state index contributed by atoms with van der Waals surface area (Å²) in [6.07, 6.45) is 3.91. The van der Waals surface area contributed by atoms with Crippen LogP contribution in [0.25, 0.3) is 0 Å². The Labute approximate surface area is 145 Å². The van der Waals surface area contributed by atoms with Gasteiger partial charge in [0.25, 0.3) is 0 Å². The summed E-state index contributed by atoms with van der Waals surface area (Å²) in [7, 11) is 0. The monoisotopic (exact) mass is 331 g/mol. The molecule has 0 saturated carbocycles. The standard InChI is InChI=1S/C20H29NO3/c1-5-15-14-16(11-12-17(15)20(22)23-8-4)24-19(6-2)18-10-9-13-21(18)7-3/h11-12,14H,5-10,13H2,1-4H3/b19-18-. The number of likely N-dealkylation sites (tertiary alicyclic amines) is 1. The molecule has 1 aliphatic heterocycles. The molecule has 2 rings (SSSR count). The lowest BCUT2D eigenvalue weighted by Gasteiger charge is -2.21. The molecular weight excluding hydrogens is 302 g/mol. The fraction of sp³-hybridized carbons (Fsp3) is 0.550. The second-order valence-electron chi connectivity index (χ2n) is 5.90. The van der Waals surface area contributed by atoms with Crippen LogP contribution in [0.2, 0.25) is 0 Å². The second kappa shape index (κ2) is 8.76. The van der Waals surface area contributed by atoms with E-state index >= 15 is 0 Å². The predicted molar refractivity (Wildman–Crippen MR) is 96.2 cm³/mol. The number of carbonyl (C=O) groups is 1. The molecule has 0 spiro atoms. The van der Waals surface area contributed by atoms with E-state index in [2.05, 4.69) is 18.7 Å². The van der Waals surface area contributed by atoms with Crippen molar-refractivity contribution < 1.29 is 14.3 Å². The van der Waals surface area contributed by atoms with Crippen LogP contribution in [0, 0.1) is 0 Å². The zero-order chi connectivity index (χ0) is 17.5. The molecule has 132 valence electrons. The summed E-state index contributed by atoms with van der Waals surface area (Å²) in [6, 6.07) is 5.65. The zero-order valence-corrected chi connectivity index (χ0v) is 15.4. The average Bonchev–Trinajstić information content (AvgIpc) is 3.08. The lowest BCUT2D eigenvalue weighted by molar-refractivity contribution is 0.0525. The van der Waals surface area contributed by atoms with Gasteiger partial charge >= 0.3 is 5.97 Å². The van der Waals surface area contributed by atoms with E-state index in [1.807, 2.05) is 32.0 Å². The number of allylic oxidation sites excluding steroid dienone is 2. The Balaban J connectivity index is 2.26. The normalized spacial score (nSPS) is 16.2. The van der Waals surface area contributed by atoms with Crippen molar-refractivity contribution in [2.75, 3.05) is 19.7 Å². The van der Waals surface area contributed by atoms with E-state index in [0.29, 0.717) is 12.2 Å². The highest BCUT2D eigenvalue weighted by molar-refractivity contribution is 5.91. The quantitative estimate of drug-likeness (QED) is 0.543. The van der Waals surface area contributed by atoms with Crippen LogP contribution in [0.3, 0.4) is 0 Å². The molecule has 4 nitrogen and oxygen atoms in total. The summed E-state index contributed by atoms with van der Waals surface area (Å²) in [4.78, 5) is 14.4. The van der Waals surface area contributed by atoms with Crippen molar-refractivity contribution in [3.8, 4) is 5.75 Å². The van der Waals surface area contributed by atoms with Gasteiger partial charge in [0.1, 0.15) is 11.5 Å². The molecule has 1 aliphatic rings. The molecule has 0 amide bonds. The van der Waals surface area contributed by atoms with Gasteiger partial charge in [0.05, 0.1) is 17.9 Å². The Hall–Kier alpha value is -1.97. The maximum atomic E-state index is 12.0. The molecule has 1 aromatic carbocycles.